The van der Waals surface area contributed by atoms with E-state index in [4.69, 9.17) is 10.2 Å². The highest BCUT2D eigenvalue weighted by molar-refractivity contribution is 5.78. The molecule has 5 nitrogen and oxygen atoms in total. The van der Waals surface area contributed by atoms with Crippen LogP contribution in [0.3, 0.4) is 0 Å². The van der Waals surface area contributed by atoms with Crippen LogP contribution in [0.2, 0.25) is 0 Å². The van der Waals surface area contributed by atoms with Gasteiger partial charge in [0.05, 0.1) is 5.69 Å². The molecule has 0 aliphatic heterocycles. The lowest BCUT2D eigenvalue weighted by atomic mass is 9.85. The number of halogens is 1. The lowest BCUT2D eigenvalue weighted by molar-refractivity contribution is -0.126. The van der Waals surface area contributed by atoms with Gasteiger partial charge in [-0.25, -0.2) is 9.37 Å². The van der Waals surface area contributed by atoms with Crippen molar-refractivity contribution in [3.05, 3.63) is 42.0 Å². The van der Waals surface area contributed by atoms with Gasteiger partial charge in [-0.15, -0.1) is 0 Å². The number of benzene rings is 1. The van der Waals surface area contributed by atoms with Gasteiger partial charge in [0.1, 0.15) is 12.1 Å². The number of nitrogens with one attached hydrogen (secondary N) is 1. The zero-order valence-electron chi connectivity index (χ0n) is 13.5. The van der Waals surface area contributed by atoms with Crippen LogP contribution in [0.4, 0.5) is 4.39 Å². The van der Waals surface area contributed by atoms with E-state index in [1.165, 1.54) is 12.1 Å². The van der Waals surface area contributed by atoms with E-state index in [-0.39, 0.29) is 23.7 Å². The maximum atomic E-state index is 12.9. The third kappa shape index (κ3) is 4.20. The third-order valence-corrected chi connectivity index (χ3v) is 4.41. The van der Waals surface area contributed by atoms with Gasteiger partial charge in [0.15, 0.2) is 0 Å². The molecule has 6 heteroatoms. The first-order chi connectivity index (χ1) is 11.6. The summed E-state index contributed by atoms with van der Waals surface area (Å²) >= 11 is 0. The Bertz CT molecular complexity index is 684. The summed E-state index contributed by atoms with van der Waals surface area (Å²) in [5.41, 5.74) is 7.41. The van der Waals surface area contributed by atoms with E-state index in [0.29, 0.717) is 18.9 Å². The number of hydrogen-bond donors (Lipinski definition) is 2. The van der Waals surface area contributed by atoms with Gasteiger partial charge < -0.3 is 15.5 Å². The molecule has 24 heavy (non-hydrogen) atoms. The molecule has 128 valence electrons. The van der Waals surface area contributed by atoms with E-state index >= 15 is 0 Å². The molecule has 0 bridgehead atoms. The average Bonchev–Trinajstić information content (AvgIpc) is 3.04. The Morgan fingerprint density at radius 1 is 1.33 bits per heavy atom. The second kappa shape index (κ2) is 7.57. The molecule has 3 N–H and O–H groups in total. The van der Waals surface area contributed by atoms with Crippen LogP contribution in [-0.4, -0.2) is 23.5 Å². The molecule has 0 spiro atoms. The van der Waals surface area contributed by atoms with Crippen molar-refractivity contribution in [2.45, 2.75) is 38.1 Å². The molecule has 2 aromatic rings. The normalized spacial score (nSPS) is 20.8. The number of carbonyl (C=O) groups excluding carboxylic acids is 1. The summed E-state index contributed by atoms with van der Waals surface area (Å²) in [5.74, 6) is 0.262. The van der Waals surface area contributed by atoms with Gasteiger partial charge >= 0.3 is 0 Å². The van der Waals surface area contributed by atoms with Crippen LogP contribution in [-0.2, 0) is 11.2 Å². The quantitative estimate of drug-likeness (QED) is 0.882. The van der Waals surface area contributed by atoms with Gasteiger partial charge in [0, 0.05) is 30.5 Å². The van der Waals surface area contributed by atoms with E-state index in [9.17, 15) is 9.18 Å². The molecule has 1 saturated carbocycles. The predicted octanol–water partition coefficient (Wildman–Crippen LogP) is 2.66. The van der Waals surface area contributed by atoms with Crippen LogP contribution in [0, 0.1) is 11.7 Å². The fourth-order valence-electron chi connectivity index (χ4n) is 3.07. The number of rotatable bonds is 5. The SMILES string of the molecule is NC1CCCC(C(=O)NCCc2coc(-c3ccc(F)cc3)n2)C1. The fourth-order valence-corrected chi connectivity index (χ4v) is 3.07. The molecule has 1 aliphatic carbocycles. The number of oxazole rings is 1. The number of amides is 1. The first-order valence-corrected chi connectivity index (χ1v) is 8.35. The molecular weight excluding hydrogens is 309 g/mol. The molecule has 1 aromatic carbocycles. The summed E-state index contributed by atoms with van der Waals surface area (Å²) in [6.07, 6.45) is 5.87. The molecule has 2 atom stereocenters. The minimum atomic E-state index is -0.296. The first kappa shape index (κ1) is 16.6. The van der Waals surface area contributed by atoms with Crippen molar-refractivity contribution in [1.29, 1.82) is 0 Å². The Morgan fingerprint density at radius 2 is 2.12 bits per heavy atom. The smallest absolute Gasteiger partial charge is 0.226 e. The fraction of sp³-hybridized carbons (Fsp3) is 0.444. The van der Waals surface area contributed by atoms with E-state index < -0.39 is 0 Å². The minimum Gasteiger partial charge on any atom is -0.444 e. The van der Waals surface area contributed by atoms with Gasteiger partial charge in [-0.2, -0.15) is 0 Å². The van der Waals surface area contributed by atoms with E-state index in [0.717, 1.165) is 36.9 Å². The molecule has 0 saturated heterocycles. The molecule has 2 unspecified atom stereocenters. The monoisotopic (exact) mass is 331 g/mol. The predicted molar refractivity (Wildman–Crippen MR) is 88.5 cm³/mol. The van der Waals surface area contributed by atoms with Gasteiger partial charge in [-0.3, -0.25) is 4.79 Å². The van der Waals surface area contributed by atoms with E-state index in [1.54, 1.807) is 18.4 Å². The lowest BCUT2D eigenvalue weighted by Gasteiger charge is -2.25. The van der Waals surface area contributed by atoms with Gasteiger partial charge in [-0.05, 0) is 43.5 Å². The highest BCUT2D eigenvalue weighted by Gasteiger charge is 2.24. The Kier molecular flexibility index (Phi) is 5.25. The van der Waals surface area contributed by atoms with Crippen molar-refractivity contribution in [3.8, 4) is 11.5 Å². The van der Waals surface area contributed by atoms with Crippen LogP contribution >= 0.6 is 0 Å². The highest BCUT2D eigenvalue weighted by Crippen LogP contribution is 2.23. The van der Waals surface area contributed by atoms with Gasteiger partial charge in [0.25, 0.3) is 0 Å². The molecule has 1 aliphatic rings. The standard InChI is InChI=1S/C18H22FN3O2/c19-14-6-4-12(5-7-14)18-22-16(11-24-18)8-9-21-17(23)13-2-1-3-15(20)10-13/h4-7,11,13,15H,1-3,8-10,20H2,(H,21,23). The van der Waals surface area contributed by atoms with Crippen LogP contribution < -0.4 is 11.1 Å². The minimum absolute atomic E-state index is 0.0286. The topological polar surface area (TPSA) is 81.2 Å². The van der Waals surface area contributed by atoms with Crippen LogP contribution in [0.15, 0.2) is 34.9 Å². The molecular formula is C18H22FN3O2. The lowest BCUT2D eigenvalue weighted by Crippen LogP contribution is -2.38. The van der Waals surface area contributed by atoms with Crippen molar-refractivity contribution in [2.75, 3.05) is 6.54 Å². The molecule has 1 aromatic heterocycles. The van der Waals surface area contributed by atoms with Crippen LogP contribution in [0.5, 0.6) is 0 Å². The summed E-state index contributed by atoms with van der Waals surface area (Å²) in [5, 5.41) is 2.95. The zero-order chi connectivity index (χ0) is 16.9. The molecule has 0 radical (unpaired) electrons. The van der Waals surface area contributed by atoms with Crippen molar-refractivity contribution in [1.82, 2.24) is 10.3 Å². The maximum Gasteiger partial charge on any atom is 0.226 e. The number of hydrogen-bond acceptors (Lipinski definition) is 4. The van der Waals surface area contributed by atoms with Gasteiger partial charge in [0.2, 0.25) is 11.8 Å². The van der Waals surface area contributed by atoms with Crippen LogP contribution in [0.1, 0.15) is 31.4 Å². The molecule has 3 rings (SSSR count). The number of aromatic nitrogens is 1. The molecule has 1 amide bonds. The van der Waals surface area contributed by atoms with Crippen molar-refractivity contribution >= 4 is 5.91 Å². The highest BCUT2D eigenvalue weighted by atomic mass is 19.1. The van der Waals surface area contributed by atoms with Crippen molar-refractivity contribution in [2.24, 2.45) is 11.7 Å². The Balaban J connectivity index is 1.49. The third-order valence-electron chi connectivity index (χ3n) is 4.41. The zero-order valence-corrected chi connectivity index (χ0v) is 13.5. The van der Waals surface area contributed by atoms with Crippen molar-refractivity contribution < 1.29 is 13.6 Å². The van der Waals surface area contributed by atoms with E-state index in [1.807, 2.05) is 0 Å². The van der Waals surface area contributed by atoms with E-state index in [2.05, 4.69) is 10.3 Å². The molecule has 1 heterocycles. The number of nitrogens with two attached hydrogens (primary N) is 1. The number of nitrogens with zero attached hydrogens (tertiary/aromatic N) is 1. The van der Waals surface area contributed by atoms with Gasteiger partial charge in [-0.1, -0.05) is 6.42 Å². The Labute approximate surface area is 140 Å². The largest absolute Gasteiger partial charge is 0.444 e. The maximum absolute atomic E-state index is 12.9. The Hall–Kier alpha value is -2.21. The summed E-state index contributed by atoms with van der Waals surface area (Å²) in [4.78, 5) is 16.5. The summed E-state index contributed by atoms with van der Waals surface area (Å²) in [7, 11) is 0. The van der Waals surface area contributed by atoms with Crippen LogP contribution in [0.25, 0.3) is 11.5 Å². The second-order valence-electron chi connectivity index (χ2n) is 6.32. The summed E-state index contributed by atoms with van der Waals surface area (Å²) in [6, 6.07) is 6.13. The second-order valence-corrected chi connectivity index (χ2v) is 6.32. The Morgan fingerprint density at radius 3 is 2.88 bits per heavy atom. The molecule has 1 fully saturated rings. The summed E-state index contributed by atoms with van der Waals surface area (Å²) < 4.78 is 18.3. The average molecular weight is 331 g/mol. The van der Waals surface area contributed by atoms with Crippen molar-refractivity contribution in [3.63, 3.8) is 0 Å². The number of carbonyl (C=O) groups is 1. The first-order valence-electron chi connectivity index (χ1n) is 8.35. The summed E-state index contributed by atoms with van der Waals surface area (Å²) in [6.45, 7) is 0.514.